The van der Waals surface area contributed by atoms with E-state index in [0.29, 0.717) is 6.42 Å². The quantitative estimate of drug-likeness (QED) is 0.773. The number of carboxylic acids is 1. The number of hydrogen-bond acceptors (Lipinski definition) is 3. The van der Waals surface area contributed by atoms with Gasteiger partial charge in [0, 0.05) is 0 Å². The second kappa shape index (κ2) is 5.49. The summed E-state index contributed by atoms with van der Waals surface area (Å²) < 4.78 is 5.57. The van der Waals surface area contributed by atoms with E-state index in [1.54, 1.807) is 6.92 Å². The van der Waals surface area contributed by atoms with E-state index in [1.165, 1.54) is 0 Å². The molecule has 0 aromatic rings. The molecule has 1 aliphatic heterocycles. The van der Waals surface area contributed by atoms with E-state index in [2.05, 4.69) is 5.32 Å². The van der Waals surface area contributed by atoms with Gasteiger partial charge in [-0.15, -0.1) is 0 Å². The Morgan fingerprint density at radius 2 is 1.88 bits per heavy atom. The Kier molecular flexibility index (Phi) is 4.51. The molecule has 0 aromatic carbocycles. The highest BCUT2D eigenvalue weighted by atomic mass is 16.5. The lowest BCUT2D eigenvalue weighted by atomic mass is 9.88. The van der Waals surface area contributed by atoms with Crippen molar-refractivity contribution in [3.8, 4) is 0 Å². The van der Waals surface area contributed by atoms with Gasteiger partial charge in [0.15, 0.2) is 0 Å². The lowest BCUT2D eigenvalue weighted by molar-refractivity contribution is -0.143. The summed E-state index contributed by atoms with van der Waals surface area (Å²) in [6, 6.07) is -0.808. The first-order valence-corrected chi connectivity index (χ1v) is 6.07. The van der Waals surface area contributed by atoms with E-state index in [1.807, 2.05) is 20.8 Å². The molecule has 2 N–H and O–H groups in total. The summed E-state index contributed by atoms with van der Waals surface area (Å²) in [5.74, 6) is -1.37. The summed E-state index contributed by atoms with van der Waals surface area (Å²) in [7, 11) is 0. The van der Waals surface area contributed by atoms with Crippen LogP contribution in [-0.2, 0) is 14.3 Å². The van der Waals surface area contributed by atoms with Crippen molar-refractivity contribution in [2.75, 3.05) is 0 Å². The van der Waals surface area contributed by atoms with Gasteiger partial charge in [-0.1, -0.05) is 13.8 Å². The molecular formula is C12H21NO4. The second-order valence-corrected chi connectivity index (χ2v) is 4.74. The highest BCUT2D eigenvalue weighted by Gasteiger charge is 2.42. The third-order valence-corrected chi connectivity index (χ3v) is 3.57. The standard InChI is InChI=1S/C12H21NO4/c1-5-9(12(15)16)13-11(14)10-6(2)7(3)17-8(10)4/h6-10H,5H2,1-4H3,(H,13,14)(H,15,16)/t6?,7?,8?,9-,10?/m1/s1. The minimum absolute atomic E-state index is 0.0330. The van der Waals surface area contributed by atoms with Gasteiger partial charge in [-0.05, 0) is 26.2 Å². The van der Waals surface area contributed by atoms with E-state index in [9.17, 15) is 9.59 Å². The van der Waals surface area contributed by atoms with Crippen LogP contribution in [0.1, 0.15) is 34.1 Å². The number of ether oxygens (including phenoxy) is 1. The predicted molar refractivity (Wildman–Crippen MR) is 62.5 cm³/mol. The van der Waals surface area contributed by atoms with Crippen LogP contribution in [0, 0.1) is 11.8 Å². The first-order chi connectivity index (χ1) is 7.88. The lowest BCUT2D eigenvalue weighted by Gasteiger charge is -2.20. The number of amides is 1. The van der Waals surface area contributed by atoms with Crippen LogP contribution >= 0.6 is 0 Å². The van der Waals surface area contributed by atoms with Crippen LogP contribution in [0.5, 0.6) is 0 Å². The Morgan fingerprint density at radius 1 is 1.29 bits per heavy atom. The smallest absolute Gasteiger partial charge is 0.326 e. The molecule has 1 heterocycles. The molecule has 0 saturated carbocycles. The number of hydrogen-bond donors (Lipinski definition) is 2. The predicted octanol–water partition coefficient (Wildman–Crippen LogP) is 1.03. The molecule has 17 heavy (non-hydrogen) atoms. The third kappa shape index (κ3) is 2.97. The van der Waals surface area contributed by atoms with Gasteiger partial charge in [0.1, 0.15) is 6.04 Å². The SMILES string of the molecule is CC[C@@H](NC(=O)C1C(C)OC(C)C1C)C(=O)O. The fraction of sp³-hybridized carbons (Fsp3) is 0.833. The summed E-state index contributed by atoms with van der Waals surface area (Å²) in [5, 5.41) is 11.5. The van der Waals surface area contributed by atoms with Crippen molar-refractivity contribution in [3.63, 3.8) is 0 Å². The number of aliphatic carboxylic acids is 1. The summed E-state index contributed by atoms with van der Waals surface area (Å²) in [6.45, 7) is 7.48. The fourth-order valence-corrected chi connectivity index (χ4v) is 2.32. The number of carbonyl (C=O) groups is 2. The Morgan fingerprint density at radius 3 is 2.24 bits per heavy atom. The van der Waals surface area contributed by atoms with Gasteiger partial charge < -0.3 is 15.2 Å². The Hall–Kier alpha value is -1.10. The largest absolute Gasteiger partial charge is 0.480 e. The molecule has 5 heteroatoms. The first-order valence-electron chi connectivity index (χ1n) is 6.07. The minimum Gasteiger partial charge on any atom is -0.480 e. The maximum absolute atomic E-state index is 12.0. The van der Waals surface area contributed by atoms with Crippen LogP contribution in [0.15, 0.2) is 0 Å². The minimum atomic E-state index is -0.992. The normalized spacial score (nSPS) is 34.4. The van der Waals surface area contributed by atoms with Gasteiger partial charge in [-0.2, -0.15) is 0 Å². The zero-order valence-electron chi connectivity index (χ0n) is 10.8. The molecule has 98 valence electrons. The second-order valence-electron chi connectivity index (χ2n) is 4.74. The molecule has 1 aliphatic rings. The number of carbonyl (C=O) groups excluding carboxylic acids is 1. The highest BCUT2D eigenvalue weighted by Crippen LogP contribution is 2.32. The van der Waals surface area contributed by atoms with E-state index >= 15 is 0 Å². The Balaban J connectivity index is 2.67. The van der Waals surface area contributed by atoms with E-state index in [0.717, 1.165) is 0 Å². The van der Waals surface area contributed by atoms with Crippen LogP contribution in [0.4, 0.5) is 0 Å². The zero-order chi connectivity index (χ0) is 13.2. The maximum Gasteiger partial charge on any atom is 0.326 e. The van der Waals surface area contributed by atoms with Gasteiger partial charge in [0.05, 0.1) is 18.1 Å². The van der Waals surface area contributed by atoms with Crippen molar-refractivity contribution in [2.24, 2.45) is 11.8 Å². The van der Waals surface area contributed by atoms with Crippen LogP contribution in [0.25, 0.3) is 0 Å². The average Bonchev–Trinajstić information content (AvgIpc) is 2.49. The van der Waals surface area contributed by atoms with Crippen LogP contribution in [0.3, 0.4) is 0 Å². The lowest BCUT2D eigenvalue weighted by Crippen LogP contribution is -2.46. The zero-order valence-corrected chi connectivity index (χ0v) is 10.8. The third-order valence-electron chi connectivity index (χ3n) is 3.57. The van der Waals surface area contributed by atoms with Gasteiger partial charge >= 0.3 is 5.97 Å². The van der Waals surface area contributed by atoms with Crippen molar-refractivity contribution in [2.45, 2.75) is 52.4 Å². The monoisotopic (exact) mass is 243 g/mol. The Bertz CT molecular complexity index is 305. The van der Waals surface area contributed by atoms with Gasteiger partial charge in [-0.25, -0.2) is 4.79 Å². The molecule has 0 radical (unpaired) electrons. The topological polar surface area (TPSA) is 75.6 Å². The molecule has 0 bridgehead atoms. The summed E-state index contributed by atoms with van der Waals surface area (Å²) >= 11 is 0. The van der Waals surface area contributed by atoms with E-state index in [-0.39, 0.29) is 30.0 Å². The molecule has 0 aliphatic carbocycles. The van der Waals surface area contributed by atoms with Crippen LogP contribution in [0.2, 0.25) is 0 Å². The molecule has 0 spiro atoms. The average molecular weight is 243 g/mol. The van der Waals surface area contributed by atoms with Crippen molar-refractivity contribution in [3.05, 3.63) is 0 Å². The molecule has 1 fully saturated rings. The summed E-state index contributed by atoms with van der Waals surface area (Å²) in [6.07, 6.45) is 0.254. The fourth-order valence-electron chi connectivity index (χ4n) is 2.32. The van der Waals surface area contributed by atoms with Gasteiger partial charge in [0.25, 0.3) is 0 Å². The van der Waals surface area contributed by atoms with Crippen LogP contribution < -0.4 is 5.32 Å². The van der Waals surface area contributed by atoms with Crippen LogP contribution in [-0.4, -0.2) is 35.2 Å². The van der Waals surface area contributed by atoms with E-state index in [4.69, 9.17) is 9.84 Å². The van der Waals surface area contributed by atoms with Gasteiger partial charge in [0.2, 0.25) is 5.91 Å². The molecule has 5 nitrogen and oxygen atoms in total. The number of rotatable bonds is 4. The molecular weight excluding hydrogens is 222 g/mol. The highest BCUT2D eigenvalue weighted by molar-refractivity contribution is 5.85. The van der Waals surface area contributed by atoms with Crippen molar-refractivity contribution in [1.82, 2.24) is 5.32 Å². The summed E-state index contributed by atoms with van der Waals surface area (Å²) in [5.41, 5.74) is 0. The molecule has 0 aromatic heterocycles. The molecule has 1 amide bonds. The number of nitrogens with one attached hydrogen (secondary N) is 1. The molecule has 1 saturated heterocycles. The van der Waals surface area contributed by atoms with Crippen molar-refractivity contribution < 1.29 is 19.4 Å². The Labute approximate surface area is 102 Å². The van der Waals surface area contributed by atoms with Gasteiger partial charge in [-0.3, -0.25) is 4.79 Å². The molecule has 4 unspecified atom stereocenters. The molecule has 5 atom stereocenters. The summed E-state index contributed by atoms with van der Waals surface area (Å²) in [4.78, 5) is 22.9. The van der Waals surface area contributed by atoms with Crippen molar-refractivity contribution in [1.29, 1.82) is 0 Å². The number of carboxylic acid groups (broad SMARTS) is 1. The van der Waals surface area contributed by atoms with Crippen molar-refractivity contribution >= 4 is 11.9 Å². The van der Waals surface area contributed by atoms with E-state index < -0.39 is 12.0 Å². The first kappa shape index (κ1) is 14.0. The maximum atomic E-state index is 12.0. The molecule has 1 rings (SSSR count).